The molecule has 2 N–H and O–H groups in total. The van der Waals surface area contributed by atoms with Gasteiger partial charge in [0.1, 0.15) is 17.6 Å². The van der Waals surface area contributed by atoms with Crippen LogP contribution in [-0.4, -0.2) is 47.9 Å². The van der Waals surface area contributed by atoms with Gasteiger partial charge in [-0.1, -0.05) is 42.5 Å². The molecule has 35 heavy (non-hydrogen) atoms. The van der Waals surface area contributed by atoms with Crippen molar-refractivity contribution >= 4 is 17.6 Å². The summed E-state index contributed by atoms with van der Waals surface area (Å²) >= 11 is 0. The van der Waals surface area contributed by atoms with E-state index in [9.17, 15) is 9.59 Å². The predicted molar refractivity (Wildman–Crippen MR) is 132 cm³/mol. The fourth-order valence-corrected chi connectivity index (χ4v) is 3.90. The minimum atomic E-state index is -0.570. The third-order valence-electron chi connectivity index (χ3n) is 5.88. The molecule has 3 aromatic rings. The molecule has 1 aliphatic heterocycles. The summed E-state index contributed by atoms with van der Waals surface area (Å²) in [5.41, 5.74) is 2.54. The van der Waals surface area contributed by atoms with Crippen molar-refractivity contribution in [3.8, 4) is 11.8 Å². The molecule has 0 bridgehead atoms. The van der Waals surface area contributed by atoms with Crippen LogP contribution in [0, 0.1) is 11.3 Å². The maximum atomic E-state index is 13.2. The van der Waals surface area contributed by atoms with Crippen molar-refractivity contribution in [1.29, 1.82) is 5.26 Å². The molecule has 1 aliphatic rings. The molecule has 0 spiro atoms. The number of anilines is 1. The molecule has 8 nitrogen and oxygen atoms in total. The summed E-state index contributed by atoms with van der Waals surface area (Å²) in [5, 5.41) is 15.1. The van der Waals surface area contributed by atoms with Crippen molar-refractivity contribution in [3.05, 3.63) is 89.6 Å². The van der Waals surface area contributed by atoms with Gasteiger partial charge in [0.25, 0.3) is 5.91 Å². The molecule has 2 heterocycles. The first-order chi connectivity index (χ1) is 17.0. The first-order valence-electron chi connectivity index (χ1n) is 11.5. The zero-order chi connectivity index (χ0) is 24.6. The molecule has 4 rings (SSSR count). The Labute approximate surface area is 204 Å². The SMILES string of the molecule is CN1CC[C@H](Oc2ccc(NC(=O)C(NCCc3ccc(C#N)cc3)c3ccccc3)nc2)C1=O. The van der Waals surface area contributed by atoms with Crippen molar-refractivity contribution in [3.63, 3.8) is 0 Å². The van der Waals surface area contributed by atoms with E-state index in [-0.39, 0.29) is 11.8 Å². The van der Waals surface area contributed by atoms with E-state index in [2.05, 4.69) is 21.7 Å². The Morgan fingerprint density at radius 2 is 1.94 bits per heavy atom. The summed E-state index contributed by atoms with van der Waals surface area (Å²) in [7, 11) is 1.75. The molecule has 2 aromatic carbocycles. The summed E-state index contributed by atoms with van der Waals surface area (Å²) < 4.78 is 5.75. The fraction of sp³-hybridized carbons (Fsp3) is 0.259. The number of likely N-dealkylation sites (tertiary alicyclic amines) is 1. The number of carbonyl (C=O) groups is 2. The number of pyridine rings is 1. The smallest absolute Gasteiger partial charge is 0.263 e. The van der Waals surface area contributed by atoms with Crippen LogP contribution in [0.4, 0.5) is 5.82 Å². The van der Waals surface area contributed by atoms with Gasteiger partial charge in [-0.15, -0.1) is 0 Å². The van der Waals surface area contributed by atoms with Crippen LogP contribution < -0.4 is 15.4 Å². The fourth-order valence-electron chi connectivity index (χ4n) is 3.90. The topological polar surface area (TPSA) is 107 Å². The highest BCUT2D eigenvalue weighted by Crippen LogP contribution is 2.20. The zero-order valence-electron chi connectivity index (χ0n) is 19.5. The number of aromatic nitrogens is 1. The molecule has 1 saturated heterocycles. The average molecular weight is 470 g/mol. The van der Waals surface area contributed by atoms with Gasteiger partial charge in [0.2, 0.25) is 5.91 Å². The Balaban J connectivity index is 1.37. The van der Waals surface area contributed by atoms with Crippen molar-refractivity contribution in [1.82, 2.24) is 15.2 Å². The molecule has 2 amide bonds. The van der Waals surface area contributed by atoms with Crippen LogP contribution in [-0.2, 0) is 16.0 Å². The number of ether oxygens (including phenoxy) is 1. The standard InChI is InChI=1S/C27H27N5O3/c1-32-16-14-23(27(32)34)35-22-11-12-24(30-18-22)31-26(33)25(21-5-3-2-4-6-21)29-15-13-19-7-9-20(17-28)10-8-19/h2-12,18,23,25,29H,13-16H2,1H3,(H,30,31,33)/t23-,25?/m0/s1. The lowest BCUT2D eigenvalue weighted by atomic mass is 10.1. The number of nitrogens with zero attached hydrogens (tertiary/aromatic N) is 3. The minimum absolute atomic E-state index is 0.0415. The van der Waals surface area contributed by atoms with Crippen LogP contribution in [0.25, 0.3) is 0 Å². The Morgan fingerprint density at radius 3 is 2.57 bits per heavy atom. The highest BCUT2D eigenvalue weighted by Gasteiger charge is 2.30. The van der Waals surface area contributed by atoms with E-state index >= 15 is 0 Å². The lowest BCUT2D eigenvalue weighted by Crippen LogP contribution is -2.34. The Hall–Kier alpha value is -4.22. The second kappa shape index (κ2) is 11.3. The highest BCUT2D eigenvalue weighted by molar-refractivity contribution is 5.94. The molecule has 8 heteroatoms. The number of rotatable bonds is 9. The van der Waals surface area contributed by atoms with Crippen molar-refractivity contribution in [2.24, 2.45) is 0 Å². The van der Waals surface area contributed by atoms with E-state index < -0.39 is 12.1 Å². The molecule has 0 saturated carbocycles. The number of carbonyl (C=O) groups excluding carboxylic acids is 2. The third-order valence-corrected chi connectivity index (χ3v) is 5.88. The number of nitriles is 1. The van der Waals surface area contributed by atoms with Crippen LogP contribution >= 0.6 is 0 Å². The minimum Gasteiger partial charge on any atom is -0.479 e. The van der Waals surface area contributed by atoms with E-state index in [1.807, 2.05) is 42.5 Å². The maximum absolute atomic E-state index is 13.2. The normalized spacial score (nSPS) is 15.9. The Bertz CT molecular complexity index is 1190. The van der Waals surface area contributed by atoms with Gasteiger partial charge < -0.3 is 20.3 Å². The lowest BCUT2D eigenvalue weighted by Gasteiger charge is -2.19. The van der Waals surface area contributed by atoms with E-state index in [4.69, 9.17) is 10.00 Å². The van der Waals surface area contributed by atoms with E-state index in [1.165, 1.54) is 6.20 Å². The number of hydrogen-bond donors (Lipinski definition) is 2. The molecule has 2 atom stereocenters. The molecule has 1 unspecified atom stereocenters. The van der Waals surface area contributed by atoms with E-state index in [0.29, 0.717) is 43.1 Å². The first-order valence-corrected chi connectivity index (χ1v) is 11.5. The third kappa shape index (κ3) is 6.22. The number of likely N-dealkylation sites (N-methyl/N-ethyl adjacent to an activating group) is 1. The number of amides is 2. The predicted octanol–water partition coefficient (Wildman–Crippen LogP) is 3.07. The van der Waals surface area contributed by atoms with Gasteiger partial charge >= 0.3 is 0 Å². The summed E-state index contributed by atoms with van der Waals surface area (Å²) in [4.78, 5) is 31.1. The number of benzene rings is 2. The van der Waals surface area contributed by atoms with Crippen molar-refractivity contribution < 1.29 is 14.3 Å². The number of nitrogens with one attached hydrogen (secondary N) is 2. The van der Waals surface area contributed by atoms with Crippen LogP contribution in [0.15, 0.2) is 72.9 Å². The highest BCUT2D eigenvalue weighted by atomic mass is 16.5. The lowest BCUT2D eigenvalue weighted by molar-refractivity contribution is -0.132. The van der Waals surface area contributed by atoms with Gasteiger partial charge in [0, 0.05) is 26.6 Å². The summed E-state index contributed by atoms with van der Waals surface area (Å²) in [6.45, 7) is 1.24. The van der Waals surface area contributed by atoms with Gasteiger partial charge in [-0.3, -0.25) is 9.59 Å². The average Bonchev–Trinajstić information content (AvgIpc) is 3.20. The zero-order valence-corrected chi connectivity index (χ0v) is 19.5. The molecular formula is C27H27N5O3. The Morgan fingerprint density at radius 1 is 1.17 bits per heavy atom. The van der Waals surface area contributed by atoms with Crippen molar-refractivity contribution in [2.45, 2.75) is 25.0 Å². The van der Waals surface area contributed by atoms with Gasteiger partial charge in [-0.25, -0.2) is 4.98 Å². The van der Waals surface area contributed by atoms with Crippen LogP contribution in [0.2, 0.25) is 0 Å². The monoisotopic (exact) mass is 469 g/mol. The molecule has 0 radical (unpaired) electrons. The quantitative estimate of drug-likeness (QED) is 0.499. The van der Waals surface area contributed by atoms with E-state index in [1.54, 1.807) is 36.2 Å². The maximum Gasteiger partial charge on any atom is 0.263 e. The van der Waals surface area contributed by atoms with Crippen molar-refractivity contribution in [2.75, 3.05) is 25.5 Å². The summed E-state index contributed by atoms with van der Waals surface area (Å²) in [6, 6.07) is 21.8. The molecule has 1 aromatic heterocycles. The van der Waals surface area contributed by atoms with Gasteiger partial charge in [0.05, 0.1) is 17.8 Å². The van der Waals surface area contributed by atoms with Crippen LogP contribution in [0.1, 0.15) is 29.2 Å². The first kappa shape index (κ1) is 23.9. The van der Waals surface area contributed by atoms with Crippen LogP contribution in [0.3, 0.4) is 0 Å². The van der Waals surface area contributed by atoms with E-state index in [0.717, 1.165) is 11.1 Å². The second-order valence-corrected chi connectivity index (χ2v) is 8.38. The molecule has 1 fully saturated rings. The van der Waals surface area contributed by atoms with Gasteiger partial charge in [-0.05, 0) is 41.8 Å². The molecule has 0 aliphatic carbocycles. The molecule has 178 valence electrons. The second-order valence-electron chi connectivity index (χ2n) is 8.38. The Kier molecular flexibility index (Phi) is 7.70. The largest absolute Gasteiger partial charge is 0.479 e. The number of hydrogen-bond acceptors (Lipinski definition) is 6. The van der Waals surface area contributed by atoms with Gasteiger partial charge in [0.15, 0.2) is 6.10 Å². The van der Waals surface area contributed by atoms with Gasteiger partial charge in [-0.2, -0.15) is 5.26 Å². The summed E-state index contributed by atoms with van der Waals surface area (Å²) in [5.74, 6) is 0.605. The van der Waals surface area contributed by atoms with Crippen LogP contribution in [0.5, 0.6) is 5.75 Å². The molecular weight excluding hydrogens is 442 g/mol. The summed E-state index contributed by atoms with van der Waals surface area (Å²) in [6.07, 6.45) is 2.37.